The lowest BCUT2D eigenvalue weighted by atomic mass is 10.1. The molecule has 0 atom stereocenters. The van der Waals surface area contributed by atoms with E-state index in [9.17, 15) is 0 Å². The predicted octanol–water partition coefficient (Wildman–Crippen LogP) is 4.80. The normalized spacial score (nSPS) is 14.8. The molecule has 4 rings (SSSR count). The van der Waals surface area contributed by atoms with Crippen molar-refractivity contribution in [2.45, 2.75) is 40.5 Å². The first-order valence-electron chi connectivity index (χ1n) is 10.3. The van der Waals surface area contributed by atoms with E-state index in [-0.39, 0.29) is 0 Å². The van der Waals surface area contributed by atoms with Crippen molar-refractivity contribution < 1.29 is 9.15 Å². The molecule has 5 heteroatoms. The van der Waals surface area contributed by atoms with Crippen LogP contribution in [0, 0.1) is 12.8 Å². The Balaban J connectivity index is 1.76. The van der Waals surface area contributed by atoms with Crippen molar-refractivity contribution in [3.8, 4) is 17.2 Å². The van der Waals surface area contributed by atoms with Gasteiger partial charge in [0.1, 0.15) is 23.6 Å². The zero-order chi connectivity index (χ0) is 19.7. The summed E-state index contributed by atoms with van der Waals surface area (Å²) in [5.74, 6) is 2.40. The molecule has 5 nitrogen and oxygen atoms in total. The van der Waals surface area contributed by atoms with Crippen LogP contribution >= 0.6 is 0 Å². The molecule has 0 bridgehead atoms. The Morgan fingerprint density at radius 2 is 2.07 bits per heavy atom. The summed E-state index contributed by atoms with van der Waals surface area (Å²) in [4.78, 5) is 11.8. The third-order valence-corrected chi connectivity index (χ3v) is 5.28. The minimum Gasteiger partial charge on any atom is -0.489 e. The fraction of sp³-hybridized carbons (Fsp3) is 0.478. The number of aromatic nitrogens is 1. The van der Waals surface area contributed by atoms with Gasteiger partial charge in [0.25, 0.3) is 0 Å². The molecule has 2 aliphatic heterocycles. The van der Waals surface area contributed by atoms with E-state index in [1.807, 2.05) is 25.1 Å². The molecule has 0 unspecified atom stereocenters. The predicted molar refractivity (Wildman–Crippen MR) is 113 cm³/mol. The number of hydrogen-bond acceptors (Lipinski definition) is 5. The molecule has 0 amide bonds. The molecule has 148 valence electrons. The van der Waals surface area contributed by atoms with Crippen molar-refractivity contribution in [2.75, 3.05) is 31.1 Å². The lowest BCUT2D eigenvalue weighted by Crippen LogP contribution is -2.33. The Kier molecular flexibility index (Phi) is 5.25. The monoisotopic (exact) mass is 379 g/mol. The maximum absolute atomic E-state index is 6.24. The van der Waals surface area contributed by atoms with Crippen molar-refractivity contribution >= 4 is 16.8 Å². The summed E-state index contributed by atoms with van der Waals surface area (Å²) in [5, 5.41) is 0.969. The van der Waals surface area contributed by atoms with Crippen LogP contribution in [0.2, 0.25) is 0 Å². The lowest BCUT2D eigenvalue weighted by Gasteiger charge is -2.31. The fourth-order valence-electron chi connectivity index (χ4n) is 3.80. The van der Waals surface area contributed by atoms with E-state index >= 15 is 0 Å². The van der Waals surface area contributed by atoms with E-state index in [1.54, 1.807) is 0 Å². The second-order valence-electron chi connectivity index (χ2n) is 7.95. The molecule has 0 radical (unpaired) electrons. The summed E-state index contributed by atoms with van der Waals surface area (Å²) >= 11 is 0. The zero-order valence-electron chi connectivity index (χ0n) is 17.3. The number of benzene rings is 2. The number of ether oxygens (including phenoxy) is 1. The van der Waals surface area contributed by atoms with Crippen molar-refractivity contribution in [2.24, 2.45) is 10.9 Å². The maximum Gasteiger partial charge on any atom is 0.155 e. The van der Waals surface area contributed by atoms with Gasteiger partial charge in [-0.3, -0.25) is 4.99 Å². The highest BCUT2D eigenvalue weighted by Crippen LogP contribution is 2.37. The van der Waals surface area contributed by atoms with E-state index in [1.165, 1.54) is 12.8 Å². The van der Waals surface area contributed by atoms with Gasteiger partial charge in [0.05, 0.1) is 17.6 Å². The lowest BCUT2D eigenvalue weighted by molar-refractivity contribution is 0.306. The standard InChI is InChI=1S/C23H29N3O2/c1-5-24-17-12-21-18(11-16(17)4)25-19-13-23-20(14-22(19)28-21)26(9-10-27-23)8-6-7-15(2)3/h11-15H,5-10H2,1-4H3/b24-17-. The topological polar surface area (TPSA) is 50.9 Å². The van der Waals surface area contributed by atoms with Gasteiger partial charge in [-0.05, 0) is 44.2 Å². The van der Waals surface area contributed by atoms with Gasteiger partial charge in [-0.15, -0.1) is 0 Å². The molecular weight excluding hydrogens is 350 g/mol. The Bertz CT molecular complexity index is 1020. The van der Waals surface area contributed by atoms with Crippen molar-refractivity contribution in [1.82, 2.24) is 4.98 Å². The summed E-state index contributed by atoms with van der Waals surface area (Å²) < 4.78 is 12.2. The molecule has 1 aromatic carbocycles. The smallest absolute Gasteiger partial charge is 0.155 e. The highest BCUT2D eigenvalue weighted by atomic mass is 16.5. The van der Waals surface area contributed by atoms with Crippen LogP contribution in [-0.4, -0.2) is 31.2 Å². The van der Waals surface area contributed by atoms with Crippen LogP contribution in [0.25, 0.3) is 22.6 Å². The van der Waals surface area contributed by atoms with Crippen molar-refractivity contribution in [1.29, 1.82) is 0 Å². The Morgan fingerprint density at radius 1 is 1.21 bits per heavy atom. The molecule has 28 heavy (non-hydrogen) atoms. The summed E-state index contributed by atoms with van der Waals surface area (Å²) in [5.41, 5.74) is 4.69. The first-order chi connectivity index (χ1) is 13.5. The van der Waals surface area contributed by atoms with Gasteiger partial charge >= 0.3 is 0 Å². The van der Waals surface area contributed by atoms with Crippen LogP contribution in [0.4, 0.5) is 5.69 Å². The van der Waals surface area contributed by atoms with E-state index < -0.39 is 0 Å². The maximum atomic E-state index is 6.24. The third kappa shape index (κ3) is 3.71. The number of fused-ring (bicyclic) bond motifs is 3. The molecule has 0 aromatic heterocycles. The molecule has 0 spiro atoms. The van der Waals surface area contributed by atoms with Gasteiger partial charge in [0.2, 0.25) is 0 Å². The molecule has 1 aliphatic carbocycles. The highest BCUT2D eigenvalue weighted by molar-refractivity contribution is 5.84. The minimum atomic E-state index is 0.714. The van der Waals surface area contributed by atoms with Crippen LogP contribution in [0.3, 0.4) is 0 Å². The van der Waals surface area contributed by atoms with Crippen molar-refractivity contribution in [3.63, 3.8) is 0 Å². The average Bonchev–Trinajstić information content (AvgIpc) is 2.66. The van der Waals surface area contributed by atoms with Gasteiger partial charge in [-0.2, -0.15) is 0 Å². The van der Waals surface area contributed by atoms with E-state index in [4.69, 9.17) is 14.1 Å². The van der Waals surface area contributed by atoms with E-state index in [0.717, 1.165) is 70.5 Å². The van der Waals surface area contributed by atoms with Crippen LogP contribution in [0.5, 0.6) is 5.75 Å². The number of rotatable bonds is 5. The summed E-state index contributed by atoms with van der Waals surface area (Å²) in [6, 6.07) is 8.15. The largest absolute Gasteiger partial charge is 0.489 e. The van der Waals surface area contributed by atoms with Crippen molar-refractivity contribution in [3.05, 3.63) is 35.2 Å². The summed E-state index contributed by atoms with van der Waals surface area (Å²) in [6.45, 7) is 12.1. The highest BCUT2D eigenvalue weighted by Gasteiger charge is 2.21. The fourth-order valence-corrected chi connectivity index (χ4v) is 3.80. The van der Waals surface area contributed by atoms with Gasteiger partial charge in [-0.1, -0.05) is 13.8 Å². The molecular formula is C23H29N3O2. The first kappa shape index (κ1) is 18.8. The Labute approximate surface area is 166 Å². The zero-order valence-corrected chi connectivity index (χ0v) is 17.3. The number of anilines is 1. The second-order valence-corrected chi connectivity index (χ2v) is 7.95. The van der Waals surface area contributed by atoms with Crippen LogP contribution < -0.4 is 15.0 Å². The Morgan fingerprint density at radius 3 is 2.86 bits per heavy atom. The average molecular weight is 380 g/mol. The van der Waals surface area contributed by atoms with Crippen LogP contribution in [0.15, 0.2) is 33.7 Å². The van der Waals surface area contributed by atoms with E-state index in [2.05, 4.69) is 36.7 Å². The van der Waals surface area contributed by atoms with Gasteiger partial charge in [-0.25, -0.2) is 4.98 Å². The van der Waals surface area contributed by atoms with E-state index in [0.29, 0.717) is 6.61 Å². The SMILES string of the molecule is CC/N=c1/cc2oc3cc4c(cc3nc-2cc1C)OCCN4CCCC(C)C. The first-order valence-corrected chi connectivity index (χ1v) is 10.3. The van der Waals surface area contributed by atoms with Gasteiger partial charge in [0, 0.05) is 31.3 Å². The number of aryl methyl sites for hydroxylation is 1. The number of nitrogens with zero attached hydrogens (tertiary/aromatic N) is 3. The van der Waals surface area contributed by atoms with Gasteiger partial charge < -0.3 is 14.1 Å². The molecule has 0 fully saturated rings. The molecule has 0 saturated heterocycles. The third-order valence-electron chi connectivity index (χ3n) is 5.28. The molecule has 0 N–H and O–H groups in total. The molecule has 1 aromatic rings. The number of hydrogen-bond donors (Lipinski definition) is 0. The minimum absolute atomic E-state index is 0.714. The second kappa shape index (κ2) is 7.82. The van der Waals surface area contributed by atoms with Crippen LogP contribution in [-0.2, 0) is 0 Å². The van der Waals surface area contributed by atoms with Crippen LogP contribution in [0.1, 0.15) is 39.2 Å². The summed E-state index contributed by atoms with van der Waals surface area (Å²) in [7, 11) is 0. The summed E-state index contributed by atoms with van der Waals surface area (Å²) in [6.07, 6.45) is 2.42. The molecule has 0 saturated carbocycles. The Hall–Kier alpha value is -2.56. The van der Waals surface area contributed by atoms with Gasteiger partial charge in [0.15, 0.2) is 11.3 Å². The molecule has 3 aliphatic rings. The molecule has 2 heterocycles. The quantitative estimate of drug-likeness (QED) is 0.598.